The van der Waals surface area contributed by atoms with Crippen LogP contribution >= 0.6 is 58.8 Å². The summed E-state index contributed by atoms with van der Waals surface area (Å²) in [6, 6.07) is 0. The number of rotatable bonds is 0. The number of hydrogen-bond donors (Lipinski definition) is 21. The zero-order valence-electron chi connectivity index (χ0n) is 77.6. The molecular formula is C112H293N21O7S5. The molecule has 0 bridgehead atoms. The van der Waals surface area contributed by atoms with Crippen LogP contribution in [0, 0.1) is 0 Å². The van der Waals surface area contributed by atoms with Gasteiger partial charge in [0.15, 0.2) is 0 Å². The maximum atomic E-state index is 5.08. The highest BCUT2D eigenvalue weighted by Gasteiger charge is 2.04. The maximum Gasteiger partial charge on any atom is 0.0966 e. The lowest BCUT2D eigenvalue weighted by molar-refractivity contribution is 0.0847. The Kier molecular flexibility index (Phi) is 286. The first kappa shape index (κ1) is 206. The van der Waals surface area contributed by atoms with Gasteiger partial charge < -0.3 is 108 Å². The molecule has 0 atom stereocenters. The van der Waals surface area contributed by atoms with Gasteiger partial charge in [0.1, 0.15) is 0 Å². The van der Waals surface area contributed by atoms with Crippen molar-refractivity contribution in [3.05, 3.63) is 0 Å². The average molecular weight is 2210 g/mol. The summed E-state index contributed by atoms with van der Waals surface area (Å²) in [6.07, 6.45) is 46.5. The Morgan fingerprint density at radius 3 is 0.393 bits per heavy atom. The van der Waals surface area contributed by atoms with Crippen LogP contribution in [-0.4, -0.2) is 348 Å². The lowest BCUT2D eigenvalue weighted by Crippen LogP contribution is -2.26. The van der Waals surface area contributed by atoms with Crippen molar-refractivity contribution >= 4 is 58.8 Å². The minimum atomic E-state index is 0. The van der Waals surface area contributed by atoms with E-state index in [1.165, 1.54) is 427 Å². The Hall–Kier alpha value is 0.630. The van der Waals surface area contributed by atoms with Crippen molar-refractivity contribution in [2.75, 3.05) is 348 Å². The molecule has 21 saturated heterocycles. The molecule has 21 fully saturated rings. The normalized spacial score (nSPS) is 20.0. The van der Waals surface area contributed by atoms with E-state index in [4.69, 9.17) is 33.2 Å². The van der Waals surface area contributed by atoms with Crippen LogP contribution in [0.15, 0.2) is 0 Å². The fraction of sp³-hybridized carbons (Fsp3) is 1.00. The molecule has 0 spiro atoms. The van der Waals surface area contributed by atoms with Crippen LogP contribution < -0.4 is 112 Å². The van der Waals surface area contributed by atoms with Crippen molar-refractivity contribution in [2.45, 2.75) is 397 Å². The first-order valence-electron chi connectivity index (χ1n) is 49.3. The lowest BCUT2D eigenvalue weighted by atomic mass is 10.2. The molecule has 0 saturated carbocycles. The van der Waals surface area contributed by atoms with Gasteiger partial charge in [0, 0.05) is 100 Å². The number of hydrogen-bond acceptors (Lipinski definition) is 33. The molecule has 918 valence electrons. The van der Waals surface area contributed by atoms with Crippen molar-refractivity contribution in [3.8, 4) is 0 Å². The standard InChI is InChI=1S/2C6H13N.C5H11NO.C5H11NS.3C5H11N.3C4H9NO.2C4H9NS.4C4H9N.3C3H7NO.2C3H7NS.24CH4/c2*1-2-4-6-7-5-3-1;2*1-2-4-7-5-6-3-1;3*1-2-4-6-5-3-1;5*1-2-5-4-6-3-1;4*1-2-4-5-3-1;5*1-2-5-3-4-1;;;;;;;;;;;;;;;;;;;;;;;;/h2*7H,1-6H2;2*6H,1-5H2;3*6H,1-5H2;5*5H,1-4H2;4*5H,1-4H2;5*4H,1-3H2;24*1H4. The van der Waals surface area contributed by atoms with E-state index >= 15 is 0 Å². The summed E-state index contributed by atoms with van der Waals surface area (Å²) in [6.45, 7) is 47.9. The minimum Gasteiger partial charge on any atom is -0.366 e. The largest absolute Gasteiger partial charge is 0.366 e. The molecule has 21 aliphatic heterocycles. The van der Waals surface area contributed by atoms with Crippen molar-refractivity contribution in [3.63, 3.8) is 0 Å². The Morgan fingerprint density at radius 1 is 0.0966 bits per heavy atom. The molecule has 0 aromatic rings. The number of piperidine rings is 3. The summed E-state index contributed by atoms with van der Waals surface area (Å²) in [4.78, 5) is 0. The van der Waals surface area contributed by atoms with Crippen LogP contribution in [-0.2, 0) is 33.2 Å². The average Bonchev–Trinajstić information content (AvgIpc) is 2.06. The van der Waals surface area contributed by atoms with Gasteiger partial charge in [-0.2, -0.15) is 0 Å². The maximum absolute atomic E-state index is 5.08. The van der Waals surface area contributed by atoms with Gasteiger partial charge in [-0.05, 0) is 354 Å². The summed E-state index contributed by atoms with van der Waals surface area (Å²) in [5.41, 5.74) is 0. The zero-order valence-corrected chi connectivity index (χ0v) is 81.7. The van der Waals surface area contributed by atoms with Gasteiger partial charge in [-0.15, -0.1) is 58.8 Å². The van der Waals surface area contributed by atoms with Crippen molar-refractivity contribution in [1.82, 2.24) is 112 Å². The van der Waals surface area contributed by atoms with E-state index in [0.717, 1.165) is 139 Å². The summed E-state index contributed by atoms with van der Waals surface area (Å²) in [5.74, 6) is 12.5. The van der Waals surface area contributed by atoms with E-state index in [0.29, 0.717) is 0 Å². The molecule has 21 aliphatic rings. The molecule has 0 aromatic heterocycles. The molecular weight excluding hydrogens is 1910 g/mol. The molecule has 28 nitrogen and oxygen atoms in total. The molecule has 21 rings (SSSR count). The van der Waals surface area contributed by atoms with Crippen LogP contribution in [0.2, 0.25) is 0 Å². The summed E-state index contributed by atoms with van der Waals surface area (Å²) in [5, 5.41) is 66.9. The van der Waals surface area contributed by atoms with E-state index in [-0.39, 0.29) is 178 Å². The Bertz CT molecular complexity index is 1180. The highest BCUT2D eigenvalue weighted by molar-refractivity contribution is 8.00. The highest BCUT2D eigenvalue weighted by Crippen LogP contribution is 2.08. The Labute approximate surface area is 941 Å². The van der Waals surface area contributed by atoms with Gasteiger partial charge in [-0.25, -0.2) is 0 Å². The highest BCUT2D eigenvalue weighted by atomic mass is 32.2. The fourth-order valence-corrected chi connectivity index (χ4v) is 16.4. The minimum absolute atomic E-state index is 0. The number of thioether (sulfide) groups is 5. The second kappa shape index (κ2) is 202. The SMILES string of the molecule is C.C.C.C.C.C.C.C.C.C.C.C.C.C.C.C.C.C.C.C.C.C.C.C.C1CCCNCC1.C1CCCNCC1.C1CCNC1.C1CCNC1.C1CCNC1.C1CCNC1.C1CCNCC1.C1CCNCC1.C1CCNCC1.C1CCOCNC1.C1CCSCNC1.C1CNCOC1.C1CNCOC1.C1CNCOC1.C1CNCSC1.C1CNCSC1.C1COCN1.C1COCN1.C1COCN1.C1CSCN1.C1CSCN1. The second-order valence-electron chi connectivity index (χ2n) is 31.4. The first-order valence-corrected chi connectivity index (χ1v) is 55.1. The van der Waals surface area contributed by atoms with Crippen LogP contribution in [0.25, 0.3) is 0 Å². The predicted octanol–water partition coefficient (Wildman–Crippen LogP) is 23.2. The van der Waals surface area contributed by atoms with Crippen molar-refractivity contribution in [2.24, 2.45) is 0 Å². The molecule has 0 aliphatic carbocycles. The predicted molar refractivity (Wildman–Crippen MR) is 693 cm³/mol. The summed E-state index contributed by atoms with van der Waals surface area (Å²) >= 11 is 9.90. The van der Waals surface area contributed by atoms with Gasteiger partial charge in [-0.1, -0.05) is 223 Å². The number of nitrogens with one attached hydrogen (secondary N) is 21. The summed E-state index contributed by atoms with van der Waals surface area (Å²) < 4.78 is 34.5. The Morgan fingerprint density at radius 2 is 0.234 bits per heavy atom. The second-order valence-corrected chi connectivity index (χ2v) is 36.9. The molecule has 145 heavy (non-hydrogen) atoms. The smallest absolute Gasteiger partial charge is 0.0966 e. The quantitative estimate of drug-likeness (QED) is 0.107. The molecule has 0 aromatic carbocycles. The van der Waals surface area contributed by atoms with Gasteiger partial charge in [0.05, 0.1) is 66.9 Å². The van der Waals surface area contributed by atoms with Gasteiger partial charge in [0.25, 0.3) is 0 Å². The van der Waals surface area contributed by atoms with Gasteiger partial charge >= 0.3 is 0 Å². The Balaban J connectivity index is -0.0000000478. The third kappa shape index (κ3) is 199. The van der Waals surface area contributed by atoms with E-state index in [1.807, 2.05) is 58.8 Å². The summed E-state index contributed by atoms with van der Waals surface area (Å²) in [7, 11) is 0. The van der Waals surface area contributed by atoms with Gasteiger partial charge in [0.2, 0.25) is 0 Å². The van der Waals surface area contributed by atoms with Crippen LogP contribution in [0.4, 0.5) is 0 Å². The molecule has 33 heteroatoms. The van der Waals surface area contributed by atoms with Crippen LogP contribution in [0.3, 0.4) is 0 Å². The first-order chi connectivity index (χ1) is 60.5. The van der Waals surface area contributed by atoms with Crippen LogP contribution in [0.1, 0.15) is 397 Å². The zero-order chi connectivity index (χ0) is 85.6. The topological polar surface area (TPSA) is 317 Å². The van der Waals surface area contributed by atoms with Gasteiger partial charge in [-0.3, -0.25) is 37.2 Å². The van der Waals surface area contributed by atoms with E-state index < -0.39 is 0 Å². The van der Waals surface area contributed by atoms with Crippen molar-refractivity contribution in [1.29, 1.82) is 0 Å². The monoisotopic (exact) mass is 2210 g/mol. The molecule has 0 radical (unpaired) electrons. The van der Waals surface area contributed by atoms with Crippen molar-refractivity contribution < 1.29 is 33.2 Å². The number of ether oxygens (including phenoxy) is 7. The molecule has 0 amide bonds. The third-order valence-corrected chi connectivity index (χ3v) is 24.7. The lowest BCUT2D eigenvalue weighted by Gasteiger charge is -2.10. The van der Waals surface area contributed by atoms with E-state index in [1.54, 1.807) is 0 Å². The van der Waals surface area contributed by atoms with Crippen LogP contribution in [0.5, 0.6) is 0 Å². The molecule has 21 N–H and O–H groups in total. The fourth-order valence-electron chi connectivity index (χ4n) is 12.6. The molecule has 0 unspecified atom stereocenters. The van der Waals surface area contributed by atoms with E-state index in [2.05, 4.69) is 112 Å². The molecule has 21 heterocycles. The third-order valence-electron chi connectivity index (χ3n) is 19.9. The van der Waals surface area contributed by atoms with E-state index in [9.17, 15) is 0 Å².